The van der Waals surface area contributed by atoms with E-state index in [0.29, 0.717) is 29.1 Å². The fraction of sp³-hybridized carbons (Fsp3) is 0.250. The maximum absolute atomic E-state index is 12.6. The van der Waals surface area contributed by atoms with Crippen molar-refractivity contribution in [3.8, 4) is 5.75 Å². The van der Waals surface area contributed by atoms with E-state index in [4.69, 9.17) is 9.15 Å². The highest BCUT2D eigenvalue weighted by atomic mass is 16.5. The van der Waals surface area contributed by atoms with Gasteiger partial charge in [0.25, 0.3) is 0 Å². The Morgan fingerprint density at radius 2 is 1.89 bits per heavy atom. The molecule has 0 fully saturated rings. The average Bonchev–Trinajstić information content (AvgIpc) is 2.97. The number of amides is 1. The van der Waals surface area contributed by atoms with Gasteiger partial charge in [-0.2, -0.15) is 0 Å². The molecule has 7 heteroatoms. The number of anilines is 1. The Labute approximate surface area is 155 Å². The van der Waals surface area contributed by atoms with Gasteiger partial charge in [0.1, 0.15) is 11.8 Å². The molecule has 3 aromatic rings. The normalized spacial score (nSPS) is 12.0. The summed E-state index contributed by atoms with van der Waals surface area (Å²) in [6, 6.07) is 10.9. The smallest absolute Gasteiger partial charge is 0.420 e. The number of nitrogens with zero attached hydrogens (tertiary/aromatic N) is 1. The van der Waals surface area contributed by atoms with Gasteiger partial charge in [-0.15, -0.1) is 0 Å². The summed E-state index contributed by atoms with van der Waals surface area (Å²) < 4.78 is 11.8. The monoisotopic (exact) mass is 368 g/mol. The van der Waals surface area contributed by atoms with E-state index in [9.17, 15) is 14.4 Å². The first-order valence-electron chi connectivity index (χ1n) is 8.60. The number of nitrogens with one attached hydrogen (secondary N) is 1. The number of aromatic nitrogens is 1. The topological polar surface area (TPSA) is 90.5 Å². The first-order valence-corrected chi connectivity index (χ1v) is 8.60. The van der Waals surface area contributed by atoms with E-state index in [2.05, 4.69) is 5.32 Å². The molecule has 2 aromatic carbocycles. The molecule has 0 radical (unpaired) electrons. The second kappa shape index (κ2) is 7.49. The number of fused-ring (bicyclic) bond motifs is 1. The van der Waals surface area contributed by atoms with Crippen molar-refractivity contribution in [2.24, 2.45) is 0 Å². The van der Waals surface area contributed by atoms with E-state index in [1.807, 2.05) is 6.92 Å². The number of Topliss-reactive ketones (excluding diaryl/α,β-unsaturated/α-hetero) is 1. The largest absolute Gasteiger partial charge is 0.494 e. The van der Waals surface area contributed by atoms with Crippen LogP contribution in [0.1, 0.15) is 37.2 Å². The van der Waals surface area contributed by atoms with E-state index in [0.717, 1.165) is 0 Å². The minimum absolute atomic E-state index is 0.131. The van der Waals surface area contributed by atoms with Crippen molar-refractivity contribution >= 4 is 28.5 Å². The van der Waals surface area contributed by atoms with E-state index in [1.165, 1.54) is 17.6 Å². The number of hydrogen-bond donors (Lipinski definition) is 1. The Kier molecular flexibility index (Phi) is 5.12. The summed E-state index contributed by atoms with van der Waals surface area (Å²) in [6.45, 7) is 5.50. The third-order valence-electron chi connectivity index (χ3n) is 4.22. The van der Waals surface area contributed by atoms with Gasteiger partial charge < -0.3 is 14.5 Å². The van der Waals surface area contributed by atoms with Crippen molar-refractivity contribution in [1.82, 2.24) is 4.57 Å². The fourth-order valence-corrected chi connectivity index (χ4v) is 2.79. The number of ketones is 1. The first-order chi connectivity index (χ1) is 12.9. The summed E-state index contributed by atoms with van der Waals surface area (Å²) in [5.74, 6) is -0.435. The lowest BCUT2D eigenvalue weighted by atomic mass is 10.1. The molecule has 3 rings (SSSR count). The van der Waals surface area contributed by atoms with Crippen LogP contribution in [0.15, 0.2) is 51.7 Å². The summed E-state index contributed by atoms with van der Waals surface area (Å²) in [7, 11) is 0. The van der Waals surface area contributed by atoms with Crippen LogP contribution >= 0.6 is 0 Å². The van der Waals surface area contributed by atoms with Crippen molar-refractivity contribution in [2.45, 2.75) is 26.8 Å². The molecule has 0 bridgehead atoms. The van der Waals surface area contributed by atoms with Gasteiger partial charge in [-0.1, -0.05) is 0 Å². The second-order valence-corrected chi connectivity index (χ2v) is 6.10. The van der Waals surface area contributed by atoms with Crippen LogP contribution in [0.5, 0.6) is 5.75 Å². The molecule has 1 heterocycles. The van der Waals surface area contributed by atoms with Crippen LogP contribution in [0.3, 0.4) is 0 Å². The van der Waals surface area contributed by atoms with Gasteiger partial charge in [-0.05, 0) is 63.2 Å². The molecule has 0 aliphatic carbocycles. The Bertz CT molecular complexity index is 1050. The Morgan fingerprint density at radius 3 is 2.52 bits per heavy atom. The van der Waals surface area contributed by atoms with E-state index in [1.54, 1.807) is 43.3 Å². The van der Waals surface area contributed by atoms with Crippen LogP contribution in [0, 0.1) is 0 Å². The van der Waals surface area contributed by atoms with Gasteiger partial charge in [0.05, 0.1) is 12.1 Å². The number of carbonyl (C=O) groups is 2. The summed E-state index contributed by atoms with van der Waals surface area (Å²) in [5.41, 5.74) is 1.76. The first kappa shape index (κ1) is 18.4. The van der Waals surface area contributed by atoms with Gasteiger partial charge >= 0.3 is 5.76 Å². The lowest BCUT2D eigenvalue weighted by molar-refractivity contribution is -0.118. The van der Waals surface area contributed by atoms with Crippen molar-refractivity contribution < 1.29 is 18.7 Å². The minimum Gasteiger partial charge on any atom is -0.494 e. The Morgan fingerprint density at radius 1 is 1.19 bits per heavy atom. The molecule has 1 unspecified atom stereocenters. The van der Waals surface area contributed by atoms with E-state index in [-0.39, 0.29) is 17.3 Å². The zero-order chi connectivity index (χ0) is 19.6. The maximum Gasteiger partial charge on any atom is 0.420 e. The lowest BCUT2D eigenvalue weighted by Gasteiger charge is -2.13. The molecule has 1 atom stereocenters. The molecule has 0 aliphatic rings. The van der Waals surface area contributed by atoms with E-state index < -0.39 is 11.8 Å². The van der Waals surface area contributed by atoms with Crippen LogP contribution < -0.4 is 15.8 Å². The summed E-state index contributed by atoms with van der Waals surface area (Å²) in [4.78, 5) is 36.3. The average molecular weight is 368 g/mol. The summed E-state index contributed by atoms with van der Waals surface area (Å²) in [5, 5.41) is 2.77. The van der Waals surface area contributed by atoms with Crippen LogP contribution in [-0.2, 0) is 4.79 Å². The maximum atomic E-state index is 12.6. The quantitative estimate of drug-likeness (QED) is 0.674. The summed E-state index contributed by atoms with van der Waals surface area (Å²) in [6.07, 6.45) is 0. The Balaban J connectivity index is 1.85. The van der Waals surface area contributed by atoms with Gasteiger partial charge in [-0.3, -0.25) is 14.2 Å². The van der Waals surface area contributed by atoms with Gasteiger partial charge in [0.2, 0.25) is 5.91 Å². The molecule has 0 saturated carbocycles. The summed E-state index contributed by atoms with van der Waals surface area (Å²) >= 11 is 0. The SMILES string of the molecule is CCOc1ccc(NC(=O)C(C)n2c(=O)oc3cc(C(C)=O)ccc32)cc1. The van der Waals surface area contributed by atoms with Crippen molar-refractivity contribution in [3.63, 3.8) is 0 Å². The molecule has 1 N–H and O–H groups in total. The predicted octanol–water partition coefficient (Wildman–Crippen LogP) is 3.40. The number of hydrogen-bond acceptors (Lipinski definition) is 5. The number of carbonyl (C=O) groups excluding carboxylic acids is 2. The van der Waals surface area contributed by atoms with Gasteiger partial charge in [0.15, 0.2) is 11.4 Å². The fourth-order valence-electron chi connectivity index (χ4n) is 2.79. The van der Waals surface area contributed by atoms with Gasteiger partial charge in [-0.25, -0.2) is 4.79 Å². The molecule has 1 aromatic heterocycles. The zero-order valence-electron chi connectivity index (χ0n) is 15.3. The molecule has 7 nitrogen and oxygen atoms in total. The number of oxazole rings is 1. The second-order valence-electron chi connectivity index (χ2n) is 6.10. The zero-order valence-corrected chi connectivity index (χ0v) is 15.3. The number of rotatable bonds is 6. The van der Waals surface area contributed by atoms with E-state index >= 15 is 0 Å². The van der Waals surface area contributed by atoms with Crippen LogP contribution in [0.25, 0.3) is 11.1 Å². The Hall–Kier alpha value is -3.35. The molecule has 140 valence electrons. The van der Waals surface area contributed by atoms with Crippen LogP contribution in [0.2, 0.25) is 0 Å². The van der Waals surface area contributed by atoms with Crippen LogP contribution in [-0.4, -0.2) is 22.9 Å². The molecule has 27 heavy (non-hydrogen) atoms. The third kappa shape index (κ3) is 3.76. The number of benzene rings is 2. The highest BCUT2D eigenvalue weighted by Gasteiger charge is 2.22. The minimum atomic E-state index is -0.798. The molecule has 1 amide bonds. The molecule has 0 saturated heterocycles. The molecule has 0 aliphatic heterocycles. The molecular weight excluding hydrogens is 348 g/mol. The highest BCUT2D eigenvalue weighted by Crippen LogP contribution is 2.21. The molecule has 0 spiro atoms. The van der Waals surface area contributed by atoms with Crippen molar-refractivity contribution in [2.75, 3.05) is 11.9 Å². The van der Waals surface area contributed by atoms with Crippen LogP contribution in [0.4, 0.5) is 5.69 Å². The lowest BCUT2D eigenvalue weighted by Crippen LogP contribution is -2.29. The number of ether oxygens (including phenoxy) is 1. The van der Waals surface area contributed by atoms with Crippen molar-refractivity contribution in [3.05, 3.63) is 58.6 Å². The third-order valence-corrected chi connectivity index (χ3v) is 4.22. The predicted molar refractivity (Wildman–Crippen MR) is 101 cm³/mol. The van der Waals surface area contributed by atoms with Crippen molar-refractivity contribution in [1.29, 1.82) is 0 Å². The highest BCUT2D eigenvalue weighted by molar-refractivity contribution is 5.98. The standard InChI is InChI=1S/C20H20N2O5/c1-4-26-16-8-6-15(7-9-16)21-19(24)12(2)22-17-10-5-14(13(3)23)11-18(17)27-20(22)25/h5-12H,4H2,1-3H3,(H,21,24). The van der Waals surface area contributed by atoms with Gasteiger partial charge in [0, 0.05) is 11.3 Å². The molecular formula is C20H20N2O5.